The van der Waals surface area contributed by atoms with Crippen molar-refractivity contribution in [2.45, 2.75) is 13.0 Å². The van der Waals surface area contributed by atoms with E-state index >= 15 is 0 Å². The molecule has 0 bridgehead atoms. The van der Waals surface area contributed by atoms with Gasteiger partial charge in [0, 0.05) is 14.9 Å². The second kappa shape index (κ2) is 6.15. The molecule has 0 amide bonds. The lowest BCUT2D eigenvalue weighted by Gasteiger charge is -2.19. The van der Waals surface area contributed by atoms with E-state index in [1.54, 1.807) is 6.07 Å². The first kappa shape index (κ1) is 14.0. The molecule has 0 aliphatic rings. The monoisotopic (exact) mass is 347 g/mol. The Bertz CT molecular complexity index is 523. The Kier molecular flexibility index (Phi) is 4.78. The second-order valence-corrected chi connectivity index (χ2v) is 6.37. The van der Waals surface area contributed by atoms with Crippen LogP contribution in [0.1, 0.15) is 23.4 Å². The molecule has 0 spiro atoms. The molecular weight excluding hydrogens is 337 g/mol. The summed E-state index contributed by atoms with van der Waals surface area (Å²) in [4.78, 5) is 1.01. The molecule has 1 unspecified atom stereocenters. The van der Waals surface area contributed by atoms with Gasteiger partial charge >= 0.3 is 0 Å². The Balaban J connectivity index is 2.47. The van der Waals surface area contributed by atoms with E-state index in [4.69, 9.17) is 11.6 Å². The number of nitrogens with one attached hydrogen (secondary N) is 1. The van der Waals surface area contributed by atoms with Crippen molar-refractivity contribution >= 4 is 38.9 Å². The number of halogens is 3. The van der Waals surface area contributed by atoms with Crippen LogP contribution in [0.3, 0.4) is 0 Å². The minimum atomic E-state index is -0.222. The van der Waals surface area contributed by atoms with Gasteiger partial charge in [-0.15, -0.1) is 11.3 Å². The van der Waals surface area contributed by atoms with E-state index in [9.17, 15) is 4.39 Å². The van der Waals surface area contributed by atoms with Crippen LogP contribution in [-0.4, -0.2) is 6.54 Å². The molecule has 0 aliphatic heterocycles. The van der Waals surface area contributed by atoms with Crippen molar-refractivity contribution < 1.29 is 4.39 Å². The van der Waals surface area contributed by atoms with Crippen LogP contribution in [-0.2, 0) is 0 Å². The zero-order chi connectivity index (χ0) is 13.1. The SMILES string of the molecule is CCNC(c1ccc(Cl)s1)c1c(F)cccc1Br. The first-order valence-electron chi connectivity index (χ1n) is 5.56. The summed E-state index contributed by atoms with van der Waals surface area (Å²) in [5, 5.41) is 3.29. The van der Waals surface area contributed by atoms with Gasteiger partial charge in [0.15, 0.2) is 0 Å². The van der Waals surface area contributed by atoms with Gasteiger partial charge in [-0.2, -0.15) is 0 Å². The fourth-order valence-corrected chi connectivity index (χ4v) is 3.54. The summed E-state index contributed by atoms with van der Waals surface area (Å²) in [6.45, 7) is 2.75. The van der Waals surface area contributed by atoms with Crippen molar-refractivity contribution in [2.75, 3.05) is 6.54 Å². The maximum atomic E-state index is 14.0. The van der Waals surface area contributed by atoms with Crippen LogP contribution < -0.4 is 5.32 Å². The molecule has 0 saturated carbocycles. The average Bonchev–Trinajstić information content (AvgIpc) is 2.74. The largest absolute Gasteiger partial charge is 0.306 e. The molecule has 2 aromatic rings. The van der Waals surface area contributed by atoms with Crippen LogP contribution in [0.5, 0.6) is 0 Å². The molecule has 1 atom stereocenters. The van der Waals surface area contributed by atoms with Gasteiger partial charge < -0.3 is 5.32 Å². The fourth-order valence-electron chi connectivity index (χ4n) is 1.82. The zero-order valence-corrected chi connectivity index (χ0v) is 12.9. The van der Waals surface area contributed by atoms with Crippen LogP contribution in [0.25, 0.3) is 0 Å². The molecule has 0 saturated heterocycles. The number of hydrogen-bond donors (Lipinski definition) is 1. The van der Waals surface area contributed by atoms with E-state index in [1.165, 1.54) is 17.4 Å². The van der Waals surface area contributed by atoms with Gasteiger partial charge in [0.25, 0.3) is 0 Å². The van der Waals surface area contributed by atoms with Crippen molar-refractivity contribution in [2.24, 2.45) is 0 Å². The first-order chi connectivity index (χ1) is 8.63. The Morgan fingerprint density at radius 3 is 2.72 bits per heavy atom. The molecule has 2 rings (SSSR count). The third-order valence-electron chi connectivity index (χ3n) is 2.58. The summed E-state index contributed by atoms with van der Waals surface area (Å²) in [6, 6.07) is 8.59. The van der Waals surface area contributed by atoms with Gasteiger partial charge in [-0.05, 0) is 30.8 Å². The van der Waals surface area contributed by atoms with Gasteiger partial charge in [-0.25, -0.2) is 4.39 Å². The highest BCUT2D eigenvalue weighted by Crippen LogP contribution is 2.35. The molecule has 18 heavy (non-hydrogen) atoms. The van der Waals surface area contributed by atoms with Crippen LogP contribution in [0.4, 0.5) is 4.39 Å². The van der Waals surface area contributed by atoms with E-state index in [0.717, 1.165) is 15.9 Å². The smallest absolute Gasteiger partial charge is 0.129 e. The lowest BCUT2D eigenvalue weighted by Crippen LogP contribution is -2.22. The van der Waals surface area contributed by atoms with Crippen LogP contribution in [0, 0.1) is 5.82 Å². The Morgan fingerprint density at radius 2 is 2.17 bits per heavy atom. The number of hydrogen-bond acceptors (Lipinski definition) is 2. The third kappa shape index (κ3) is 2.94. The molecule has 0 fully saturated rings. The molecule has 1 N–H and O–H groups in total. The summed E-state index contributed by atoms with van der Waals surface area (Å²) in [7, 11) is 0. The summed E-state index contributed by atoms with van der Waals surface area (Å²) in [6.07, 6.45) is 0. The summed E-state index contributed by atoms with van der Waals surface area (Å²) in [5.41, 5.74) is 0.623. The van der Waals surface area contributed by atoms with Crippen LogP contribution in [0.15, 0.2) is 34.8 Å². The number of rotatable bonds is 4. The normalized spacial score (nSPS) is 12.7. The van der Waals surface area contributed by atoms with Crippen molar-refractivity contribution in [1.82, 2.24) is 5.32 Å². The third-order valence-corrected chi connectivity index (χ3v) is 4.56. The lowest BCUT2D eigenvalue weighted by atomic mass is 10.0. The van der Waals surface area contributed by atoms with E-state index in [-0.39, 0.29) is 11.9 Å². The fraction of sp³-hybridized carbons (Fsp3) is 0.231. The summed E-state index contributed by atoms with van der Waals surface area (Å²) in [5.74, 6) is -0.222. The van der Waals surface area contributed by atoms with Gasteiger partial charge in [-0.3, -0.25) is 0 Å². The minimum absolute atomic E-state index is 0.178. The molecule has 1 aromatic heterocycles. The maximum Gasteiger partial charge on any atom is 0.129 e. The van der Waals surface area contributed by atoms with Gasteiger partial charge in [0.05, 0.1) is 10.4 Å². The molecule has 1 heterocycles. The predicted molar refractivity (Wildman–Crippen MR) is 78.9 cm³/mol. The van der Waals surface area contributed by atoms with E-state index in [2.05, 4.69) is 21.2 Å². The molecule has 96 valence electrons. The molecular formula is C13H12BrClFNS. The van der Waals surface area contributed by atoms with Gasteiger partial charge in [-0.1, -0.05) is 40.5 Å². The standard InChI is InChI=1S/C13H12BrClFNS/c1-2-17-13(10-6-7-11(15)18-10)12-8(14)4-3-5-9(12)16/h3-7,13,17H,2H2,1H3. The first-order valence-corrected chi connectivity index (χ1v) is 7.54. The van der Waals surface area contributed by atoms with Crippen molar-refractivity contribution in [3.8, 4) is 0 Å². The lowest BCUT2D eigenvalue weighted by molar-refractivity contribution is 0.561. The Labute approximate surface area is 123 Å². The minimum Gasteiger partial charge on any atom is -0.306 e. The Hall–Kier alpha value is -0.420. The highest BCUT2D eigenvalue weighted by atomic mass is 79.9. The highest BCUT2D eigenvalue weighted by molar-refractivity contribution is 9.10. The van der Waals surface area contributed by atoms with E-state index in [0.29, 0.717) is 9.90 Å². The average molecular weight is 349 g/mol. The predicted octanol–water partition coefficient (Wildman–Crippen LogP) is 5.00. The quantitative estimate of drug-likeness (QED) is 0.819. The highest BCUT2D eigenvalue weighted by Gasteiger charge is 2.21. The van der Waals surface area contributed by atoms with Crippen LogP contribution in [0.2, 0.25) is 4.34 Å². The zero-order valence-electron chi connectivity index (χ0n) is 9.71. The molecule has 0 radical (unpaired) electrons. The molecule has 5 heteroatoms. The van der Waals surface area contributed by atoms with E-state index in [1.807, 2.05) is 25.1 Å². The van der Waals surface area contributed by atoms with Gasteiger partial charge in [0.2, 0.25) is 0 Å². The van der Waals surface area contributed by atoms with Crippen molar-refractivity contribution in [3.05, 3.63) is 55.4 Å². The molecule has 1 nitrogen and oxygen atoms in total. The number of thiophene rings is 1. The number of benzene rings is 1. The summed E-state index contributed by atoms with van der Waals surface area (Å²) >= 11 is 10.8. The van der Waals surface area contributed by atoms with Gasteiger partial charge in [0.1, 0.15) is 5.82 Å². The molecule has 0 aliphatic carbocycles. The molecule has 1 aromatic carbocycles. The van der Waals surface area contributed by atoms with Crippen molar-refractivity contribution in [1.29, 1.82) is 0 Å². The Morgan fingerprint density at radius 1 is 1.39 bits per heavy atom. The maximum absolute atomic E-state index is 14.0. The summed E-state index contributed by atoms with van der Waals surface area (Å²) < 4.78 is 15.5. The van der Waals surface area contributed by atoms with Crippen molar-refractivity contribution in [3.63, 3.8) is 0 Å². The second-order valence-electron chi connectivity index (χ2n) is 3.77. The topological polar surface area (TPSA) is 12.0 Å². The van der Waals surface area contributed by atoms with Crippen LogP contribution >= 0.6 is 38.9 Å². The van der Waals surface area contributed by atoms with E-state index < -0.39 is 0 Å².